The van der Waals surface area contributed by atoms with Crippen molar-refractivity contribution in [3.63, 3.8) is 0 Å². The number of hydrogen-bond donors (Lipinski definition) is 1. The largest absolute Gasteiger partial charge is 0.452 e. The standard InChI is InChI=1S/C19H23N3O3S/c1-12-18(13(2)22(21-12)16-7-5-4-6-8-16)26-11-17(23)25-14(3)19(24)20-15-9-10-15/h4-8,14-15H,9-11H2,1-3H3,(H,20,24)/t14-/m1/s1. The van der Waals surface area contributed by atoms with E-state index in [1.54, 1.807) is 6.92 Å². The van der Waals surface area contributed by atoms with Gasteiger partial charge in [0.15, 0.2) is 6.10 Å². The van der Waals surface area contributed by atoms with E-state index in [0.29, 0.717) is 0 Å². The third-order valence-electron chi connectivity index (χ3n) is 4.16. The molecule has 0 spiro atoms. The van der Waals surface area contributed by atoms with E-state index in [-0.39, 0.29) is 17.7 Å². The number of aryl methyl sites for hydroxylation is 1. The number of thioether (sulfide) groups is 1. The number of carbonyl (C=O) groups is 2. The van der Waals surface area contributed by atoms with Crippen LogP contribution < -0.4 is 5.32 Å². The van der Waals surface area contributed by atoms with Crippen molar-refractivity contribution in [3.05, 3.63) is 41.7 Å². The third-order valence-corrected chi connectivity index (χ3v) is 5.42. The Morgan fingerprint density at radius 3 is 2.65 bits per heavy atom. The number of nitrogens with one attached hydrogen (secondary N) is 1. The van der Waals surface area contributed by atoms with Gasteiger partial charge in [-0.2, -0.15) is 5.10 Å². The van der Waals surface area contributed by atoms with Crippen LogP contribution in [0.3, 0.4) is 0 Å². The number of aromatic nitrogens is 2. The highest BCUT2D eigenvalue weighted by Gasteiger charge is 2.27. The fraction of sp³-hybridized carbons (Fsp3) is 0.421. The van der Waals surface area contributed by atoms with Gasteiger partial charge in [0, 0.05) is 6.04 Å². The molecule has 6 nitrogen and oxygen atoms in total. The van der Waals surface area contributed by atoms with E-state index in [0.717, 1.165) is 34.8 Å². The lowest BCUT2D eigenvalue weighted by Crippen LogP contribution is -2.37. The van der Waals surface area contributed by atoms with Crippen molar-refractivity contribution in [1.29, 1.82) is 0 Å². The van der Waals surface area contributed by atoms with Crippen LogP contribution >= 0.6 is 11.8 Å². The van der Waals surface area contributed by atoms with E-state index in [9.17, 15) is 9.59 Å². The molecule has 1 aliphatic carbocycles. The first-order valence-corrected chi connectivity index (χ1v) is 9.68. The Kier molecular flexibility index (Phi) is 5.66. The minimum Gasteiger partial charge on any atom is -0.452 e. The van der Waals surface area contributed by atoms with E-state index in [1.165, 1.54) is 11.8 Å². The summed E-state index contributed by atoms with van der Waals surface area (Å²) >= 11 is 1.39. The number of esters is 1. The molecule has 3 rings (SSSR count). The van der Waals surface area contributed by atoms with Crippen LogP contribution in [0.4, 0.5) is 0 Å². The van der Waals surface area contributed by atoms with Crippen molar-refractivity contribution in [2.45, 2.75) is 50.7 Å². The predicted molar refractivity (Wildman–Crippen MR) is 100 cm³/mol. The molecule has 1 N–H and O–H groups in total. The summed E-state index contributed by atoms with van der Waals surface area (Å²) in [6.07, 6.45) is 1.25. The fourth-order valence-corrected chi connectivity index (χ4v) is 3.50. The van der Waals surface area contributed by atoms with Crippen LogP contribution in [-0.2, 0) is 14.3 Å². The highest BCUT2D eigenvalue weighted by atomic mass is 32.2. The summed E-state index contributed by atoms with van der Waals surface area (Å²) in [7, 11) is 0. The average Bonchev–Trinajstić information content (AvgIpc) is 3.39. The number of nitrogens with zero attached hydrogens (tertiary/aromatic N) is 2. The number of para-hydroxylation sites is 1. The lowest BCUT2D eigenvalue weighted by atomic mass is 10.3. The zero-order valence-corrected chi connectivity index (χ0v) is 16.0. The second kappa shape index (κ2) is 7.95. The molecule has 0 radical (unpaired) electrons. The van der Waals surface area contributed by atoms with Gasteiger partial charge >= 0.3 is 5.97 Å². The Morgan fingerprint density at radius 1 is 1.31 bits per heavy atom. The molecule has 1 heterocycles. The van der Waals surface area contributed by atoms with Gasteiger partial charge in [-0.05, 0) is 45.7 Å². The van der Waals surface area contributed by atoms with Gasteiger partial charge in [0.1, 0.15) is 0 Å². The van der Waals surface area contributed by atoms with E-state index in [1.807, 2.05) is 48.9 Å². The fourth-order valence-electron chi connectivity index (χ4n) is 2.62. The van der Waals surface area contributed by atoms with Crippen LogP contribution in [-0.4, -0.2) is 39.6 Å². The molecule has 1 aromatic heterocycles. The lowest BCUT2D eigenvalue weighted by molar-refractivity contribution is -0.152. The normalized spacial score (nSPS) is 14.7. The smallest absolute Gasteiger partial charge is 0.317 e. The summed E-state index contributed by atoms with van der Waals surface area (Å²) in [5.41, 5.74) is 2.82. The van der Waals surface area contributed by atoms with Gasteiger partial charge < -0.3 is 10.1 Å². The second-order valence-electron chi connectivity index (χ2n) is 6.45. The van der Waals surface area contributed by atoms with Crippen molar-refractivity contribution >= 4 is 23.6 Å². The molecule has 1 saturated carbocycles. The van der Waals surface area contributed by atoms with Crippen LogP contribution in [0.15, 0.2) is 35.2 Å². The molecular weight excluding hydrogens is 350 g/mol. The predicted octanol–water partition coefficient (Wildman–Crippen LogP) is 2.79. The molecule has 0 bridgehead atoms. The van der Waals surface area contributed by atoms with Crippen LogP contribution in [0.5, 0.6) is 0 Å². The molecule has 138 valence electrons. The zero-order valence-electron chi connectivity index (χ0n) is 15.2. The second-order valence-corrected chi connectivity index (χ2v) is 7.44. The summed E-state index contributed by atoms with van der Waals surface area (Å²) in [6, 6.07) is 10.1. The summed E-state index contributed by atoms with van der Waals surface area (Å²) in [5, 5.41) is 7.40. The maximum absolute atomic E-state index is 12.1. The minimum absolute atomic E-state index is 0.142. The SMILES string of the molecule is Cc1nn(-c2ccccc2)c(C)c1SCC(=O)O[C@H](C)C(=O)NC1CC1. The highest BCUT2D eigenvalue weighted by molar-refractivity contribution is 8.00. The van der Waals surface area contributed by atoms with Gasteiger partial charge in [-0.15, -0.1) is 11.8 Å². The summed E-state index contributed by atoms with van der Waals surface area (Å²) < 4.78 is 7.10. The Hall–Kier alpha value is -2.28. The molecule has 1 fully saturated rings. The zero-order chi connectivity index (χ0) is 18.7. The van der Waals surface area contributed by atoms with Gasteiger partial charge in [0.2, 0.25) is 0 Å². The van der Waals surface area contributed by atoms with Crippen LogP contribution in [0.2, 0.25) is 0 Å². The molecule has 7 heteroatoms. The monoisotopic (exact) mass is 373 g/mol. The number of carbonyl (C=O) groups excluding carboxylic acids is 2. The van der Waals surface area contributed by atoms with E-state index in [2.05, 4.69) is 10.4 Å². The van der Waals surface area contributed by atoms with E-state index in [4.69, 9.17) is 4.74 Å². The number of ether oxygens (including phenoxy) is 1. The summed E-state index contributed by atoms with van der Waals surface area (Å²) in [4.78, 5) is 24.9. The number of amides is 1. The van der Waals surface area contributed by atoms with Gasteiger partial charge in [0.05, 0.1) is 27.7 Å². The van der Waals surface area contributed by atoms with Crippen molar-refractivity contribution in [2.75, 3.05) is 5.75 Å². The maximum atomic E-state index is 12.1. The number of rotatable bonds is 7. The summed E-state index contributed by atoms with van der Waals surface area (Å²) in [6.45, 7) is 5.50. The highest BCUT2D eigenvalue weighted by Crippen LogP contribution is 2.28. The molecule has 2 aromatic rings. The van der Waals surface area contributed by atoms with Gasteiger partial charge in [-0.3, -0.25) is 9.59 Å². The summed E-state index contributed by atoms with van der Waals surface area (Å²) in [5.74, 6) is -0.488. The van der Waals surface area contributed by atoms with Gasteiger partial charge in [-0.1, -0.05) is 18.2 Å². The molecule has 0 aliphatic heterocycles. The molecule has 1 aromatic carbocycles. The minimum atomic E-state index is -0.766. The topological polar surface area (TPSA) is 73.2 Å². The van der Waals surface area contributed by atoms with Crippen LogP contribution in [0.1, 0.15) is 31.2 Å². The van der Waals surface area contributed by atoms with E-state index >= 15 is 0 Å². The first-order valence-electron chi connectivity index (χ1n) is 8.70. The Balaban J connectivity index is 1.58. The lowest BCUT2D eigenvalue weighted by Gasteiger charge is -2.13. The molecule has 1 amide bonds. The molecule has 1 atom stereocenters. The molecule has 0 saturated heterocycles. The first kappa shape index (κ1) is 18.5. The molecule has 1 aliphatic rings. The Bertz CT molecular complexity index is 800. The molecule has 0 unspecified atom stereocenters. The van der Waals surface area contributed by atoms with Gasteiger partial charge in [-0.25, -0.2) is 4.68 Å². The van der Waals surface area contributed by atoms with Crippen molar-refractivity contribution in [2.24, 2.45) is 0 Å². The van der Waals surface area contributed by atoms with Crippen molar-refractivity contribution < 1.29 is 14.3 Å². The van der Waals surface area contributed by atoms with Crippen LogP contribution in [0, 0.1) is 13.8 Å². The average molecular weight is 373 g/mol. The molecular formula is C19H23N3O3S. The third kappa shape index (κ3) is 4.46. The van der Waals surface area contributed by atoms with E-state index < -0.39 is 12.1 Å². The number of benzene rings is 1. The Morgan fingerprint density at radius 2 is 2.00 bits per heavy atom. The number of hydrogen-bond acceptors (Lipinski definition) is 5. The molecule has 26 heavy (non-hydrogen) atoms. The Labute approximate surface area is 157 Å². The van der Waals surface area contributed by atoms with Crippen molar-refractivity contribution in [1.82, 2.24) is 15.1 Å². The van der Waals surface area contributed by atoms with Crippen LogP contribution in [0.25, 0.3) is 5.69 Å². The maximum Gasteiger partial charge on any atom is 0.317 e. The first-order chi connectivity index (χ1) is 12.5. The van der Waals surface area contributed by atoms with Crippen molar-refractivity contribution in [3.8, 4) is 5.69 Å². The van der Waals surface area contributed by atoms with Gasteiger partial charge in [0.25, 0.3) is 5.91 Å². The quantitative estimate of drug-likeness (QED) is 0.597.